The Bertz CT molecular complexity index is 952. The molecule has 3 aliphatic rings. The summed E-state index contributed by atoms with van der Waals surface area (Å²) in [7, 11) is 0. The average Bonchev–Trinajstić information content (AvgIpc) is 2.98. The van der Waals surface area contributed by atoms with E-state index in [0.717, 1.165) is 63.3 Å². The first-order valence-corrected chi connectivity index (χ1v) is 11.7. The normalized spacial score (nSPS) is 26.3. The van der Waals surface area contributed by atoms with Gasteiger partial charge in [0.2, 0.25) is 5.91 Å². The van der Waals surface area contributed by atoms with Crippen LogP contribution in [0.4, 0.5) is 4.39 Å². The highest BCUT2D eigenvalue weighted by Gasteiger charge is 2.43. The van der Waals surface area contributed by atoms with Gasteiger partial charge in [0.25, 0.3) is 0 Å². The second-order valence-electron chi connectivity index (χ2n) is 9.29. The zero-order valence-electron chi connectivity index (χ0n) is 18.5. The molecule has 32 heavy (non-hydrogen) atoms. The maximum atomic E-state index is 14.2. The lowest BCUT2D eigenvalue weighted by atomic mass is 9.80. The SMILES string of the molecule is O=C(Cc1ccccc1F)N1Cc2ccccc2OC2(CCC(N3CCOCC3)CC2)C1. The van der Waals surface area contributed by atoms with Crippen LogP contribution in [-0.4, -0.2) is 60.2 Å². The first kappa shape index (κ1) is 21.4. The van der Waals surface area contributed by atoms with E-state index in [-0.39, 0.29) is 23.7 Å². The minimum Gasteiger partial charge on any atom is -0.485 e. The number of nitrogens with zero attached hydrogens (tertiary/aromatic N) is 2. The molecule has 1 aliphatic carbocycles. The molecule has 0 N–H and O–H groups in total. The topological polar surface area (TPSA) is 42.0 Å². The van der Waals surface area contributed by atoms with Gasteiger partial charge in [0, 0.05) is 31.2 Å². The highest BCUT2D eigenvalue weighted by atomic mass is 19.1. The molecular weight excluding hydrogens is 407 g/mol. The van der Waals surface area contributed by atoms with Crippen LogP contribution in [0.2, 0.25) is 0 Å². The molecule has 0 bridgehead atoms. The van der Waals surface area contributed by atoms with Crippen molar-refractivity contribution in [3.8, 4) is 5.75 Å². The predicted molar refractivity (Wildman–Crippen MR) is 120 cm³/mol. The van der Waals surface area contributed by atoms with Gasteiger partial charge in [0.15, 0.2) is 0 Å². The Morgan fingerprint density at radius 3 is 2.53 bits per heavy atom. The number of carbonyl (C=O) groups excluding carboxylic acids is 1. The van der Waals surface area contributed by atoms with Gasteiger partial charge < -0.3 is 14.4 Å². The molecule has 1 saturated heterocycles. The lowest BCUT2D eigenvalue weighted by Gasteiger charge is -2.45. The number of fused-ring (bicyclic) bond motifs is 1. The zero-order valence-corrected chi connectivity index (χ0v) is 18.5. The number of carbonyl (C=O) groups is 1. The standard InChI is InChI=1S/C26H31FN2O3/c27-23-7-3-1-5-20(23)17-25(30)29-18-21-6-2-4-8-24(21)32-26(19-29)11-9-22(10-12-26)28-13-15-31-16-14-28/h1-8,22H,9-19H2. The maximum absolute atomic E-state index is 14.2. The van der Waals surface area contributed by atoms with E-state index in [4.69, 9.17) is 9.47 Å². The number of benzene rings is 2. The second kappa shape index (κ2) is 9.20. The fourth-order valence-electron chi connectivity index (χ4n) is 5.40. The number of ether oxygens (including phenoxy) is 2. The van der Waals surface area contributed by atoms with E-state index >= 15 is 0 Å². The van der Waals surface area contributed by atoms with Gasteiger partial charge in [-0.1, -0.05) is 36.4 Å². The van der Waals surface area contributed by atoms with Gasteiger partial charge in [-0.25, -0.2) is 4.39 Å². The lowest BCUT2D eigenvalue weighted by Crippen LogP contribution is -2.53. The van der Waals surface area contributed by atoms with Crippen molar-refractivity contribution in [3.63, 3.8) is 0 Å². The molecule has 0 radical (unpaired) electrons. The quantitative estimate of drug-likeness (QED) is 0.731. The van der Waals surface area contributed by atoms with Crippen molar-refractivity contribution >= 4 is 5.91 Å². The fraction of sp³-hybridized carbons (Fsp3) is 0.500. The molecular formula is C26H31FN2O3. The first-order valence-electron chi connectivity index (χ1n) is 11.7. The molecule has 0 unspecified atom stereocenters. The number of hydrogen-bond acceptors (Lipinski definition) is 4. The molecule has 6 heteroatoms. The molecule has 1 amide bonds. The van der Waals surface area contributed by atoms with Gasteiger partial charge in [-0.2, -0.15) is 0 Å². The Hall–Kier alpha value is -2.44. The molecule has 2 aromatic carbocycles. The smallest absolute Gasteiger partial charge is 0.227 e. The molecule has 170 valence electrons. The van der Waals surface area contributed by atoms with Crippen LogP contribution in [0, 0.1) is 5.82 Å². The summed E-state index contributed by atoms with van der Waals surface area (Å²) >= 11 is 0. The van der Waals surface area contributed by atoms with E-state index in [2.05, 4.69) is 4.90 Å². The summed E-state index contributed by atoms with van der Waals surface area (Å²) < 4.78 is 26.4. The summed E-state index contributed by atoms with van der Waals surface area (Å²) in [6, 6.07) is 15.1. The third kappa shape index (κ3) is 4.52. The van der Waals surface area contributed by atoms with E-state index in [1.807, 2.05) is 29.2 Å². The molecule has 2 aliphatic heterocycles. The van der Waals surface area contributed by atoms with Crippen LogP contribution >= 0.6 is 0 Å². The molecule has 1 saturated carbocycles. The van der Waals surface area contributed by atoms with Crippen LogP contribution in [0.3, 0.4) is 0 Å². The molecule has 5 rings (SSSR count). The van der Waals surface area contributed by atoms with Gasteiger partial charge in [0.05, 0.1) is 26.2 Å². The van der Waals surface area contributed by atoms with Gasteiger partial charge in [-0.15, -0.1) is 0 Å². The number of amides is 1. The van der Waals surface area contributed by atoms with Crippen LogP contribution in [0.1, 0.15) is 36.8 Å². The van der Waals surface area contributed by atoms with E-state index in [0.29, 0.717) is 24.7 Å². The summed E-state index contributed by atoms with van der Waals surface area (Å²) in [6.07, 6.45) is 4.00. The van der Waals surface area contributed by atoms with Gasteiger partial charge in [0.1, 0.15) is 17.2 Å². The van der Waals surface area contributed by atoms with Crippen LogP contribution in [0.15, 0.2) is 48.5 Å². The van der Waals surface area contributed by atoms with Crippen LogP contribution in [0.25, 0.3) is 0 Å². The Labute approximate surface area is 189 Å². The number of rotatable bonds is 3. The second-order valence-corrected chi connectivity index (χ2v) is 9.29. The van der Waals surface area contributed by atoms with Crippen molar-refractivity contribution in [2.24, 2.45) is 0 Å². The van der Waals surface area contributed by atoms with Crippen molar-refractivity contribution in [1.82, 2.24) is 9.80 Å². The highest BCUT2D eigenvalue weighted by molar-refractivity contribution is 5.79. The molecule has 1 spiro atoms. The summed E-state index contributed by atoms with van der Waals surface area (Å²) in [5.41, 5.74) is 1.07. The molecule has 0 atom stereocenters. The first-order chi connectivity index (χ1) is 15.6. The average molecular weight is 439 g/mol. The molecule has 2 aromatic rings. The van der Waals surface area contributed by atoms with Gasteiger partial charge in [-0.05, 0) is 43.4 Å². The Morgan fingerprint density at radius 1 is 1.03 bits per heavy atom. The van der Waals surface area contributed by atoms with Crippen molar-refractivity contribution in [2.75, 3.05) is 32.8 Å². The third-order valence-corrected chi connectivity index (χ3v) is 7.22. The fourth-order valence-corrected chi connectivity index (χ4v) is 5.40. The minimum absolute atomic E-state index is 0.0509. The van der Waals surface area contributed by atoms with E-state index in [1.165, 1.54) is 6.07 Å². The van der Waals surface area contributed by atoms with E-state index in [9.17, 15) is 9.18 Å². The number of hydrogen-bond donors (Lipinski definition) is 0. The maximum Gasteiger partial charge on any atom is 0.227 e. The molecule has 5 nitrogen and oxygen atoms in total. The molecule has 0 aromatic heterocycles. The minimum atomic E-state index is -0.389. The Morgan fingerprint density at radius 2 is 1.75 bits per heavy atom. The van der Waals surface area contributed by atoms with Crippen LogP contribution < -0.4 is 4.74 Å². The Balaban J connectivity index is 1.35. The highest BCUT2D eigenvalue weighted by Crippen LogP contribution is 2.39. The van der Waals surface area contributed by atoms with Crippen molar-refractivity contribution < 1.29 is 18.7 Å². The lowest BCUT2D eigenvalue weighted by molar-refractivity contribution is -0.134. The van der Waals surface area contributed by atoms with E-state index in [1.54, 1.807) is 18.2 Å². The largest absolute Gasteiger partial charge is 0.485 e. The van der Waals surface area contributed by atoms with Crippen molar-refractivity contribution in [1.29, 1.82) is 0 Å². The summed E-state index contributed by atoms with van der Waals surface area (Å²) in [5, 5.41) is 0. The van der Waals surface area contributed by atoms with Crippen LogP contribution in [0.5, 0.6) is 5.75 Å². The Kier molecular flexibility index (Phi) is 6.15. The summed E-state index contributed by atoms with van der Waals surface area (Å²) in [4.78, 5) is 17.7. The summed E-state index contributed by atoms with van der Waals surface area (Å²) in [5.74, 6) is 0.497. The van der Waals surface area contributed by atoms with Crippen molar-refractivity contribution in [2.45, 2.75) is 50.3 Å². The third-order valence-electron chi connectivity index (χ3n) is 7.22. The predicted octanol–water partition coefficient (Wildman–Crippen LogP) is 3.80. The van der Waals surface area contributed by atoms with Crippen LogP contribution in [-0.2, 0) is 22.5 Å². The van der Waals surface area contributed by atoms with Gasteiger partial charge >= 0.3 is 0 Å². The molecule has 2 fully saturated rings. The van der Waals surface area contributed by atoms with E-state index < -0.39 is 0 Å². The van der Waals surface area contributed by atoms with Crippen molar-refractivity contribution in [3.05, 3.63) is 65.5 Å². The zero-order chi connectivity index (χ0) is 22.0. The number of para-hydroxylation sites is 1. The number of halogens is 1. The molecule has 2 heterocycles. The van der Waals surface area contributed by atoms with Gasteiger partial charge in [-0.3, -0.25) is 9.69 Å². The summed E-state index contributed by atoms with van der Waals surface area (Å²) in [6.45, 7) is 4.65. The number of morpholine rings is 1. The monoisotopic (exact) mass is 438 g/mol.